The van der Waals surface area contributed by atoms with Gasteiger partial charge >= 0.3 is 0 Å². The van der Waals surface area contributed by atoms with Crippen LogP contribution >= 0.6 is 0 Å². The van der Waals surface area contributed by atoms with Gasteiger partial charge in [-0.25, -0.2) is 0 Å². The van der Waals surface area contributed by atoms with Gasteiger partial charge in [0.05, 0.1) is 19.8 Å². The maximum absolute atomic E-state index is 12.0. The molecule has 0 atom stereocenters. The van der Waals surface area contributed by atoms with Gasteiger partial charge in [0.25, 0.3) is 0 Å². The van der Waals surface area contributed by atoms with Gasteiger partial charge in [-0.15, -0.1) is 0 Å². The third-order valence-corrected chi connectivity index (χ3v) is 2.62. The van der Waals surface area contributed by atoms with E-state index in [1.807, 2.05) is 13.0 Å². The second-order valence-corrected chi connectivity index (χ2v) is 3.84. The molecule has 17 heavy (non-hydrogen) atoms. The minimum absolute atomic E-state index is 0.0625. The first-order chi connectivity index (χ1) is 8.13. The molecule has 1 aromatic carbocycles. The summed E-state index contributed by atoms with van der Waals surface area (Å²) in [5.74, 6) is 1.31. The summed E-state index contributed by atoms with van der Waals surface area (Å²) in [5, 5.41) is 0. The molecule has 4 nitrogen and oxygen atoms in total. The number of aryl methyl sites for hydroxylation is 1. The van der Waals surface area contributed by atoms with Crippen molar-refractivity contribution in [3.8, 4) is 11.5 Å². The standard InChI is InChI=1S/C13H19NO3/c1-9-7-10(16-2)8-12(17-3)13(9)11(15)5-4-6-14/h7-8H,4-6,14H2,1-3H3. The fourth-order valence-electron chi connectivity index (χ4n) is 1.75. The van der Waals surface area contributed by atoms with Gasteiger partial charge in [-0.05, 0) is 31.5 Å². The van der Waals surface area contributed by atoms with E-state index in [-0.39, 0.29) is 5.78 Å². The van der Waals surface area contributed by atoms with Crippen LogP contribution < -0.4 is 15.2 Å². The fraction of sp³-hybridized carbons (Fsp3) is 0.462. The van der Waals surface area contributed by atoms with E-state index in [9.17, 15) is 4.79 Å². The first-order valence-corrected chi connectivity index (χ1v) is 5.60. The van der Waals surface area contributed by atoms with Crippen LogP contribution in [0, 0.1) is 6.92 Å². The molecule has 4 heteroatoms. The van der Waals surface area contributed by atoms with Crippen LogP contribution in [0.1, 0.15) is 28.8 Å². The van der Waals surface area contributed by atoms with Crippen molar-refractivity contribution in [1.29, 1.82) is 0 Å². The molecule has 0 saturated carbocycles. The molecule has 2 N–H and O–H groups in total. The lowest BCUT2D eigenvalue weighted by atomic mass is 10.00. The van der Waals surface area contributed by atoms with Crippen LogP contribution in [-0.4, -0.2) is 26.5 Å². The van der Waals surface area contributed by atoms with Crippen LogP contribution in [0.2, 0.25) is 0 Å². The highest BCUT2D eigenvalue weighted by Crippen LogP contribution is 2.29. The van der Waals surface area contributed by atoms with Crippen molar-refractivity contribution in [2.24, 2.45) is 5.73 Å². The number of nitrogens with two attached hydrogens (primary N) is 1. The van der Waals surface area contributed by atoms with Crippen molar-refractivity contribution in [3.05, 3.63) is 23.3 Å². The Morgan fingerprint density at radius 1 is 1.29 bits per heavy atom. The van der Waals surface area contributed by atoms with Crippen molar-refractivity contribution < 1.29 is 14.3 Å². The monoisotopic (exact) mass is 237 g/mol. The van der Waals surface area contributed by atoms with Gasteiger partial charge in [-0.3, -0.25) is 4.79 Å². The molecule has 0 spiro atoms. The Balaban J connectivity index is 3.09. The largest absolute Gasteiger partial charge is 0.497 e. The quantitative estimate of drug-likeness (QED) is 0.768. The number of ketones is 1. The second-order valence-electron chi connectivity index (χ2n) is 3.84. The van der Waals surface area contributed by atoms with E-state index >= 15 is 0 Å². The molecule has 0 aromatic heterocycles. The summed E-state index contributed by atoms with van der Waals surface area (Å²) in [4.78, 5) is 12.0. The Bertz CT molecular complexity index is 402. The number of benzene rings is 1. The molecular formula is C13H19NO3. The minimum Gasteiger partial charge on any atom is -0.497 e. The molecule has 0 radical (unpaired) electrons. The lowest BCUT2D eigenvalue weighted by Crippen LogP contribution is -2.08. The molecule has 0 unspecified atom stereocenters. The summed E-state index contributed by atoms with van der Waals surface area (Å²) in [5.41, 5.74) is 6.90. The minimum atomic E-state index is 0.0625. The van der Waals surface area contributed by atoms with Crippen molar-refractivity contribution in [1.82, 2.24) is 0 Å². The van der Waals surface area contributed by atoms with Crippen LogP contribution in [-0.2, 0) is 0 Å². The number of carbonyl (C=O) groups excluding carboxylic acids is 1. The van der Waals surface area contributed by atoms with Crippen molar-refractivity contribution in [2.45, 2.75) is 19.8 Å². The Kier molecular flexibility index (Phi) is 4.97. The second kappa shape index (κ2) is 6.25. The third-order valence-electron chi connectivity index (χ3n) is 2.62. The molecule has 0 amide bonds. The smallest absolute Gasteiger partial charge is 0.166 e. The Morgan fingerprint density at radius 3 is 2.53 bits per heavy atom. The predicted molar refractivity (Wildman–Crippen MR) is 66.9 cm³/mol. The summed E-state index contributed by atoms with van der Waals surface area (Å²) in [6, 6.07) is 3.56. The highest BCUT2D eigenvalue weighted by molar-refractivity contribution is 6.00. The summed E-state index contributed by atoms with van der Waals surface area (Å²) in [6.07, 6.45) is 1.13. The average molecular weight is 237 g/mol. The normalized spacial score (nSPS) is 10.1. The Labute approximate surface area is 102 Å². The number of ether oxygens (including phenoxy) is 2. The molecule has 0 saturated heterocycles. The first kappa shape index (κ1) is 13.5. The summed E-state index contributed by atoms with van der Waals surface area (Å²) < 4.78 is 10.4. The van der Waals surface area contributed by atoms with E-state index in [2.05, 4.69) is 0 Å². The van der Waals surface area contributed by atoms with Crippen molar-refractivity contribution in [3.63, 3.8) is 0 Å². The van der Waals surface area contributed by atoms with Gasteiger partial charge in [0.1, 0.15) is 11.5 Å². The van der Waals surface area contributed by atoms with Gasteiger partial charge in [0.15, 0.2) is 5.78 Å². The highest BCUT2D eigenvalue weighted by Gasteiger charge is 2.16. The Hall–Kier alpha value is -1.55. The number of Topliss-reactive ketones (excluding diaryl/α,β-unsaturated/α-hetero) is 1. The molecule has 0 aliphatic carbocycles. The van der Waals surface area contributed by atoms with Gasteiger partial charge in [0, 0.05) is 12.5 Å². The van der Waals surface area contributed by atoms with Crippen LogP contribution in [0.3, 0.4) is 0 Å². The van der Waals surface area contributed by atoms with E-state index in [1.54, 1.807) is 20.3 Å². The van der Waals surface area contributed by atoms with Crippen LogP contribution in [0.25, 0.3) is 0 Å². The van der Waals surface area contributed by atoms with Gasteiger partial charge in [-0.1, -0.05) is 0 Å². The lowest BCUT2D eigenvalue weighted by Gasteiger charge is -2.12. The first-order valence-electron chi connectivity index (χ1n) is 5.60. The molecule has 0 fully saturated rings. The molecule has 0 aliphatic heterocycles. The summed E-state index contributed by atoms with van der Waals surface area (Å²) in [6.45, 7) is 2.39. The molecule has 94 valence electrons. The number of hydrogen-bond acceptors (Lipinski definition) is 4. The SMILES string of the molecule is COc1cc(C)c(C(=O)CCCN)c(OC)c1. The fourth-order valence-corrected chi connectivity index (χ4v) is 1.75. The number of rotatable bonds is 6. The average Bonchev–Trinajstić information content (AvgIpc) is 2.34. The van der Waals surface area contributed by atoms with E-state index in [1.165, 1.54) is 0 Å². The molecule has 1 aromatic rings. The van der Waals surface area contributed by atoms with Gasteiger partial charge < -0.3 is 15.2 Å². The number of carbonyl (C=O) groups is 1. The zero-order chi connectivity index (χ0) is 12.8. The zero-order valence-electron chi connectivity index (χ0n) is 10.6. The lowest BCUT2D eigenvalue weighted by molar-refractivity contribution is 0.0977. The zero-order valence-corrected chi connectivity index (χ0v) is 10.6. The summed E-state index contributed by atoms with van der Waals surface area (Å²) >= 11 is 0. The molecule has 0 heterocycles. The maximum atomic E-state index is 12.0. The van der Waals surface area contributed by atoms with Gasteiger partial charge in [-0.2, -0.15) is 0 Å². The number of hydrogen-bond donors (Lipinski definition) is 1. The predicted octanol–water partition coefficient (Wildman–Crippen LogP) is 1.93. The van der Waals surface area contributed by atoms with E-state index in [4.69, 9.17) is 15.2 Å². The van der Waals surface area contributed by atoms with Gasteiger partial charge in [0.2, 0.25) is 0 Å². The molecule has 0 bridgehead atoms. The van der Waals surface area contributed by atoms with E-state index in [0.717, 1.165) is 5.56 Å². The van der Waals surface area contributed by atoms with Crippen LogP contribution in [0.4, 0.5) is 0 Å². The topological polar surface area (TPSA) is 61.5 Å². The van der Waals surface area contributed by atoms with E-state index < -0.39 is 0 Å². The molecule has 1 rings (SSSR count). The van der Waals surface area contributed by atoms with E-state index in [0.29, 0.717) is 36.4 Å². The third kappa shape index (κ3) is 3.20. The van der Waals surface area contributed by atoms with Crippen molar-refractivity contribution >= 4 is 5.78 Å². The maximum Gasteiger partial charge on any atom is 0.166 e. The summed E-state index contributed by atoms with van der Waals surface area (Å²) in [7, 11) is 3.14. The molecular weight excluding hydrogens is 218 g/mol. The van der Waals surface area contributed by atoms with Crippen LogP contribution in [0.5, 0.6) is 11.5 Å². The van der Waals surface area contributed by atoms with Crippen LogP contribution in [0.15, 0.2) is 12.1 Å². The molecule has 0 aliphatic rings. The van der Waals surface area contributed by atoms with Crippen molar-refractivity contribution in [2.75, 3.05) is 20.8 Å². The highest BCUT2D eigenvalue weighted by atomic mass is 16.5. The Morgan fingerprint density at radius 2 is 2.00 bits per heavy atom. The number of methoxy groups -OCH3 is 2.